The van der Waals surface area contributed by atoms with Crippen LogP contribution in [0.15, 0.2) is 57.6 Å². The molecule has 0 atom stereocenters. The molecular weight excluding hydrogens is 603 g/mol. The van der Waals surface area contributed by atoms with Crippen molar-refractivity contribution in [1.82, 2.24) is 9.99 Å². The normalized spacial score (nSPS) is 13.0. The molecule has 8 nitrogen and oxygen atoms in total. The second-order valence-electron chi connectivity index (χ2n) is 7.02. The van der Waals surface area contributed by atoms with Gasteiger partial charge in [0.2, 0.25) is 10.7 Å². The quantitative estimate of drug-likeness (QED) is 0.241. The molecule has 4 rings (SSSR count). The van der Waals surface area contributed by atoms with Crippen LogP contribution in [0, 0.1) is 0 Å². The predicted octanol–water partition coefficient (Wildman–Crippen LogP) is 3.53. The summed E-state index contributed by atoms with van der Waals surface area (Å²) in [6.07, 6.45) is 1.54. The number of hydrogen-bond acceptors (Lipinski definition) is 6. The molecule has 0 saturated heterocycles. The molecule has 0 unspecified atom stereocenters. The first-order chi connectivity index (χ1) is 16.7. The van der Waals surface area contributed by atoms with Crippen LogP contribution in [-0.4, -0.2) is 28.1 Å². The van der Waals surface area contributed by atoms with Crippen molar-refractivity contribution in [2.24, 2.45) is 10.1 Å². The lowest BCUT2D eigenvalue weighted by atomic mass is 10.1. The number of carbonyl (C=O) groups is 2. The Morgan fingerprint density at radius 3 is 2.74 bits per heavy atom. The summed E-state index contributed by atoms with van der Waals surface area (Å²) in [6, 6.07) is 8.03. The van der Waals surface area contributed by atoms with E-state index in [0.29, 0.717) is 10.6 Å². The number of benzene rings is 2. The molecule has 0 fully saturated rings. The van der Waals surface area contributed by atoms with Crippen molar-refractivity contribution in [3.8, 4) is 11.6 Å². The van der Waals surface area contributed by atoms with Crippen molar-refractivity contribution in [3.05, 3.63) is 82.8 Å². The number of amides is 2. The number of aromatic nitrogens is 1. The molecule has 13 heteroatoms. The predicted molar refractivity (Wildman–Crippen MR) is 137 cm³/mol. The number of ether oxygens (including phenoxy) is 1. The van der Waals surface area contributed by atoms with Gasteiger partial charge in [0.25, 0.3) is 11.8 Å². The Kier molecular flexibility index (Phi) is 7.67. The maximum absolute atomic E-state index is 12.6. The number of allylic oxidation sites excluding steroid dienone is 1. The third-order valence-electron chi connectivity index (χ3n) is 4.70. The van der Waals surface area contributed by atoms with Crippen LogP contribution in [0.25, 0.3) is 5.57 Å². The van der Waals surface area contributed by atoms with Crippen molar-refractivity contribution in [1.29, 1.82) is 0 Å². The topological polar surface area (TPSA) is 105 Å². The van der Waals surface area contributed by atoms with Crippen LogP contribution in [0.3, 0.4) is 0 Å². The number of fused-ring (bicyclic) bond motifs is 1. The third kappa shape index (κ3) is 5.31. The average Bonchev–Trinajstić information content (AvgIpc) is 3.29. The van der Waals surface area contributed by atoms with Gasteiger partial charge in [-0.25, -0.2) is 10.4 Å². The maximum Gasteiger partial charge on any atom is 0.279 e. The minimum absolute atomic E-state index is 0.177. The van der Waals surface area contributed by atoms with Crippen molar-refractivity contribution in [3.63, 3.8) is 0 Å². The van der Waals surface area contributed by atoms with E-state index in [-0.39, 0.29) is 48.5 Å². The van der Waals surface area contributed by atoms with E-state index in [0.717, 1.165) is 15.8 Å². The smallest absolute Gasteiger partial charge is 0.279 e. The van der Waals surface area contributed by atoms with Crippen molar-refractivity contribution < 1.29 is 19.4 Å². The number of nitrogens with one attached hydrogen (secondary N) is 1. The van der Waals surface area contributed by atoms with Crippen molar-refractivity contribution in [2.45, 2.75) is 6.54 Å². The number of thiazole rings is 1. The van der Waals surface area contributed by atoms with Crippen molar-refractivity contribution >= 4 is 79.5 Å². The fraction of sp³-hybridized carbons (Fsp3) is 0.0909. The summed E-state index contributed by atoms with van der Waals surface area (Å²) in [6.45, 7) is 3.44. The van der Waals surface area contributed by atoms with Gasteiger partial charge in [0.15, 0.2) is 6.61 Å². The molecule has 1 aromatic heterocycles. The highest BCUT2D eigenvalue weighted by Crippen LogP contribution is 2.33. The largest absolute Gasteiger partial charge is 0.493 e. The van der Waals surface area contributed by atoms with Crippen LogP contribution in [-0.2, 0) is 16.1 Å². The summed E-state index contributed by atoms with van der Waals surface area (Å²) in [7, 11) is 0. The molecule has 3 aromatic rings. The van der Waals surface area contributed by atoms with Gasteiger partial charge in [-0.3, -0.25) is 14.2 Å². The molecule has 0 aliphatic carbocycles. The van der Waals surface area contributed by atoms with Gasteiger partial charge in [0, 0.05) is 22.3 Å². The van der Waals surface area contributed by atoms with Gasteiger partial charge in [0.1, 0.15) is 10.6 Å². The zero-order valence-electron chi connectivity index (χ0n) is 17.5. The first kappa shape index (κ1) is 25.5. The highest BCUT2D eigenvalue weighted by Gasteiger charge is 2.25. The summed E-state index contributed by atoms with van der Waals surface area (Å²) in [5.74, 6) is -1.10. The number of aromatic hydroxyl groups is 1. The Bertz CT molecular complexity index is 1580. The van der Waals surface area contributed by atoms with E-state index in [9.17, 15) is 14.7 Å². The van der Waals surface area contributed by atoms with E-state index in [1.807, 2.05) is 0 Å². The number of rotatable bonds is 7. The van der Waals surface area contributed by atoms with Gasteiger partial charge in [-0.2, -0.15) is 0 Å². The molecule has 0 radical (unpaired) electrons. The minimum Gasteiger partial charge on any atom is -0.493 e. The molecule has 0 saturated carbocycles. The molecule has 1 aliphatic heterocycles. The number of halogens is 4. The highest BCUT2D eigenvalue weighted by molar-refractivity contribution is 9.10. The standard InChI is InChI=1S/C22H14BrCl3N4O4S/c1-2-5-30-21(33)19(18-11-6-10(23)3-4-15(11)27-20(18)32)35-22(30)29-28-17(31)9-34-16-8-13(25)12(24)7-14(16)26/h2-4,6-8,33H,1,5,9H2,(H,28,31). The van der Waals surface area contributed by atoms with Crippen LogP contribution in [0.4, 0.5) is 0 Å². The molecule has 35 heavy (non-hydrogen) atoms. The van der Waals surface area contributed by atoms with Crippen LogP contribution in [0.2, 0.25) is 15.1 Å². The fourth-order valence-corrected chi connectivity index (χ4v) is 5.15. The molecular formula is C22H14BrCl3N4O4S. The summed E-state index contributed by atoms with van der Waals surface area (Å²) < 4.78 is 7.55. The molecule has 2 heterocycles. The average molecular weight is 617 g/mol. The second kappa shape index (κ2) is 10.5. The molecule has 180 valence electrons. The summed E-state index contributed by atoms with van der Waals surface area (Å²) in [5.41, 5.74) is 2.60. The van der Waals surface area contributed by atoms with Crippen LogP contribution < -0.4 is 25.5 Å². The van der Waals surface area contributed by atoms with Gasteiger partial charge < -0.3 is 9.84 Å². The molecule has 2 amide bonds. The second-order valence-corrected chi connectivity index (χ2v) is 10.1. The first-order valence-corrected chi connectivity index (χ1v) is 12.5. The molecule has 1 aliphatic rings. The van der Waals surface area contributed by atoms with Gasteiger partial charge in [-0.1, -0.05) is 68.1 Å². The Labute approximate surface area is 225 Å². The lowest BCUT2D eigenvalue weighted by molar-refractivity contribution is -0.123. The SMILES string of the molecule is C=CCn1c(O)c(C2=c3cc(Br)ccc3=NC2=O)sc1=NNC(=O)COc1cc(Cl)c(Cl)cc1Cl. The summed E-state index contributed by atoms with van der Waals surface area (Å²) in [5, 5.41) is 16.7. The minimum atomic E-state index is -0.597. The number of hydrogen-bond donors (Lipinski definition) is 2. The van der Waals surface area contributed by atoms with E-state index < -0.39 is 18.4 Å². The molecule has 2 aromatic carbocycles. The number of carbonyl (C=O) groups excluding carboxylic acids is 2. The van der Waals surface area contributed by atoms with Gasteiger partial charge >= 0.3 is 0 Å². The lowest BCUT2D eigenvalue weighted by Crippen LogP contribution is -2.28. The fourth-order valence-electron chi connectivity index (χ4n) is 3.15. The Morgan fingerprint density at radius 2 is 2.00 bits per heavy atom. The van der Waals surface area contributed by atoms with E-state index in [1.165, 1.54) is 16.7 Å². The van der Waals surface area contributed by atoms with Gasteiger partial charge in [-0.15, -0.1) is 11.7 Å². The van der Waals surface area contributed by atoms with E-state index in [1.54, 1.807) is 24.3 Å². The Hall–Kier alpha value is -2.63. The van der Waals surface area contributed by atoms with Crippen LogP contribution in [0.1, 0.15) is 4.88 Å². The first-order valence-electron chi connectivity index (χ1n) is 9.76. The van der Waals surface area contributed by atoms with E-state index in [2.05, 4.69) is 38.0 Å². The van der Waals surface area contributed by atoms with Gasteiger partial charge in [0.05, 0.1) is 26.0 Å². The van der Waals surface area contributed by atoms with E-state index in [4.69, 9.17) is 39.5 Å². The molecule has 2 N–H and O–H groups in total. The zero-order valence-corrected chi connectivity index (χ0v) is 22.2. The van der Waals surface area contributed by atoms with E-state index >= 15 is 0 Å². The number of nitrogens with zero attached hydrogens (tertiary/aromatic N) is 3. The highest BCUT2D eigenvalue weighted by atomic mass is 79.9. The summed E-state index contributed by atoms with van der Waals surface area (Å²) in [4.78, 5) is 29.5. The molecule has 0 bridgehead atoms. The Morgan fingerprint density at radius 1 is 1.26 bits per heavy atom. The van der Waals surface area contributed by atoms with Crippen LogP contribution in [0.5, 0.6) is 11.6 Å². The Balaban J connectivity index is 1.63. The lowest BCUT2D eigenvalue weighted by Gasteiger charge is -2.08. The maximum atomic E-state index is 12.6. The van der Waals surface area contributed by atoms with Crippen LogP contribution >= 0.6 is 62.1 Å². The van der Waals surface area contributed by atoms with Gasteiger partial charge in [-0.05, 0) is 24.3 Å². The third-order valence-corrected chi connectivity index (χ3v) is 7.29. The summed E-state index contributed by atoms with van der Waals surface area (Å²) >= 11 is 22.3. The zero-order chi connectivity index (χ0) is 25.3. The molecule has 0 spiro atoms. The monoisotopic (exact) mass is 614 g/mol. The van der Waals surface area contributed by atoms with Crippen molar-refractivity contribution in [2.75, 3.05) is 6.61 Å².